The molecule has 1 aliphatic heterocycles. The molecular formula is C17H28N4. The molecule has 0 unspecified atom stereocenters. The first-order valence-electron chi connectivity index (χ1n) is 8.40. The minimum Gasteiger partial charge on any atom is -0.354 e. The lowest BCUT2D eigenvalue weighted by atomic mass is 10.2. The van der Waals surface area contributed by atoms with Gasteiger partial charge < -0.3 is 10.2 Å². The van der Waals surface area contributed by atoms with Crippen molar-refractivity contribution in [2.75, 3.05) is 44.2 Å². The number of rotatable bonds is 6. The van der Waals surface area contributed by atoms with Gasteiger partial charge in [-0.05, 0) is 49.9 Å². The first-order valence-corrected chi connectivity index (χ1v) is 8.40. The maximum atomic E-state index is 4.74. The number of hydrogen-bond acceptors (Lipinski definition) is 4. The molecule has 4 nitrogen and oxygen atoms in total. The summed E-state index contributed by atoms with van der Waals surface area (Å²) in [7, 11) is 0. The Morgan fingerprint density at radius 1 is 1.19 bits per heavy atom. The van der Waals surface area contributed by atoms with Crippen LogP contribution in [0.25, 0.3) is 0 Å². The summed E-state index contributed by atoms with van der Waals surface area (Å²) in [5.41, 5.74) is 2.47. The van der Waals surface area contributed by atoms with E-state index in [4.69, 9.17) is 4.98 Å². The lowest BCUT2D eigenvalue weighted by Crippen LogP contribution is -2.47. The second-order valence-corrected chi connectivity index (χ2v) is 6.49. The molecule has 0 atom stereocenters. The van der Waals surface area contributed by atoms with Gasteiger partial charge >= 0.3 is 0 Å². The molecular weight excluding hydrogens is 260 g/mol. The lowest BCUT2D eigenvalue weighted by molar-refractivity contribution is 0.247. The van der Waals surface area contributed by atoms with Crippen molar-refractivity contribution >= 4 is 5.82 Å². The van der Waals surface area contributed by atoms with E-state index in [1.54, 1.807) is 0 Å². The van der Waals surface area contributed by atoms with E-state index in [-0.39, 0.29) is 0 Å². The third kappa shape index (κ3) is 4.17. The smallest absolute Gasteiger partial charge is 0.129 e. The van der Waals surface area contributed by atoms with Gasteiger partial charge in [0.05, 0.1) is 0 Å². The van der Waals surface area contributed by atoms with E-state index in [0.29, 0.717) is 0 Å². The minimum absolute atomic E-state index is 0.939. The molecule has 0 bridgehead atoms. The van der Waals surface area contributed by atoms with Crippen molar-refractivity contribution in [3.8, 4) is 0 Å². The van der Waals surface area contributed by atoms with Crippen LogP contribution in [0.2, 0.25) is 0 Å². The molecule has 0 radical (unpaired) electrons. The van der Waals surface area contributed by atoms with E-state index in [9.17, 15) is 0 Å². The zero-order valence-corrected chi connectivity index (χ0v) is 13.4. The summed E-state index contributed by atoms with van der Waals surface area (Å²) >= 11 is 0. The van der Waals surface area contributed by atoms with Crippen molar-refractivity contribution in [2.45, 2.75) is 33.2 Å². The molecule has 0 spiro atoms. The first-order chi connectivity index (χ1) is 10.2. The van der Waals surface area contributed by atoms with Gasteiger partial charge in [-0.15, -0.1) is 0 Å². The maximum Gasteiger partial charge on any atom is 0.129 e. The van der Waals surface area contributed by atoms with E-state index in [0.717, 1.165) is 43.6 Å². The Morgan fingerprint density at radius 2 is 1.95 bits per heavy atom. The van der Waals surface area contributed by atoms with E-state index >= 15 is 0 Å². The van der Waals surface area contributed by atoms with Crippen LogP contribution in [0.4, 0.5) is 5.82 Å². The van der Waals surface area contributed by atoms with Crippen LogP contribution in [0, 0.1) is 12.8 Å². The molecule has 1 aromatic rings. The molecule has 1 saturated carbocycles. The number of anilines is 1. The number of nitrogens with one attached hydrogen (secondary N) is 1. The zero-order valence-electron chi connectivity index (χ0n) is 13.4. The van der Waals surface area contributed by atoms with Crippen molar-refractivity contribution in [3.63, 3.8) is 0 Å². The summed E-state index contributed by atoms with van der Waals surface area (Å²) in [6, 6.07) is 4.45. The molecule has 2 aliphatic rings. The molecule has 21 heavy (non-hydrogen) atoms. The Balaban J connectivity index is 1.59. The Labute approximate surface area is 128 Å². The summed E-state index contributed by atoms with van der Waals surface area (Å²) in [5, 5.41) is 3.40. The van der Waals surface area contributed by atoms with Crippen LogP contribution < -0.4 is 10.2 Å². The number of hydrogen-bond donors (Lipinski definition) is 1. The number of aromatic nitrogens is 1. The summed E-state index contributed by atoms with van der Waals surface area (Å²) in [6.07, 6.45) is 2.90. The molecule has 116 valence electrons. The van der Waals surface area contributed by atoms with Crippen LogP contribution in [-0.2, 0) is 6.54 Å². The molecule has 2 fully saturated rings. The Morgan fingerprint density at radius 3 is 2.62 bits per heavy atom. The molecule has 1 aromatic heterocycles. The Kier molecular flexibility index (Phi) is 4.76. The van der Waals surface area contributed by atoms with E-state index < -0.39 is 0 Å². The van der Waals surface area contributed by atoms with Crippen LogP contribution in [0.3, 0.4) is 0 Å². The van der Waals surface area contributed by atoms with Crippen LogP contribution in [-0.4, -0.2) is 49.2 Å². The van der Waals surface area contributed by atoms with E-state index in [1.165, 1.54) is 38.0 Å². The molecule has 3 rings (SSSR count). The fraction of sp³-hybridized carbons (Fsp3) is 0.706. The predicted molar refractivity (Wildman–Crippen MR) is 87.7 cm³/mol. The SMILES string of the molecule is CCNCc1cc(C)nc(N2CCN(CC3CC3)CC2)c1. The van der Waals surface area contributed by atoms with Gasteiger partial charge in [-0.1, -0.05) is 6.92 Å². The third-order valence-electron chi connectivity index (χ3n) is 4.49. The standard InChI is InChI=1S/C17H28N4/c1-3-18-12-16-10-14(2)19-17(11-16)21-8-6-20(7-9-21)13-15-4-5-15/h10-11,15,18H,3-9,12-13H2,1-2H3. The van der Waals surface area contributed by atoms with Crippen molar-refractivity contribution in [1.82, 2.24) is 15.2 Å². The van der Waals surface area contributed by atoms with Gasteiger partial charge in [0.2, 0.25) is 0 Å². The number of aryl methyl sites for hydroxylation is 1. The van der Waals surface area contributed by atoms with Gasteiger partial charge in [-0.25, -0.2) is 4.98 Å². The summed E-state index contributed by atoms with van der Waals surface area (Å²) in [5.74, 6) is 2.16. The first kappa shape index (κ1) is 14.8. The predicted octanol–water partition coefficient (Wildman–Crippen LogP) is 2.03. The van der Waals surface area contributed by atoms with Gasteiger partial charge in [-0.3, -0.25) is 4.90 Å². The van der Waals surface area contributed by atoms with Crippen molar-refractivity contribution < 1.29 is 0 Å². The average molecular weight is 288 g/mol. The Bertz CT molecular complexity index is 462. The molecule has 1 saturated heterocycles. The number of nitrogens with zero attached hydrogens (tertiary/aromatic N) is 3. The molecule has 2 heterocycles. The maximum absolute atomic E-state index is 4.74. The van der Waals surface area contributed by atoms with Crippen LogP contribution >= 0.6 is 0 Å². The van der Waals surface area contributed by atoms with Crippen molar-refractivity contribution in [1.29, 1.82) is 0 Å². The molecule has 0 aromatic carbocycles. The summed E-state index contributed by atoms with van der Waals surface area (Å²) in [6.45, 7) is 12.1. The summed E-state index contributed by atoms with van der Waals surface area (Å²) < 4.78 is 0. The van der Waals surface area contributed by atoms with Crippen molar-refractivity contribution in [2.24, 2.45) is 5.92 Å². The van der Waals surface area contributed by atoms with Gasteiger partial charge in [0.1, 0.15) is 5.82 Å². The van der Waals surface area contributed by atoms with Crippen molar-refractivity contribution in [3.05, 3.63) is 23.4 Å². The highest BCUT2D eigenvalue weighted by Gasteiger charge is 2.26. The van der Waals surface area contributed by atoms with Crippen LogP contribution in [0.1, 0.15) is 31.0 Å². The number of pyridine rings is 1. The highest BCUT2D eigenvalue weighted by atomic mass is 15.3. The molecule has 0 amide bonds. The second-order valence-electron chi connectivity index (χ2n) is 6.49. The number of piperazine rings is 1. The molecule has 1 N–H and O–H groups in total. The normalized spacial score (nSPS) is 20.0. The van der Waals surface area contributed by atoms with Gasteiger partial charge in [0.25, 0.3) is 0 Å². The van der Waals surface area contributed by atoms with E-state index in [2.05, 4.69) is 41.1 Å². The monoisotopic (exact) mass is 288 g/mol. The fourth-order valence-corrected chi connectivity index (χ4v) is 3.08. The average Bonchev–Trinajstić information content (AvgIpc) is 3.29. The van der Waals surface area contributed by atoms with Crippen LogP contribution in [0.15, 0.2) is 12.1 Å². The van der Waals surface area contributed by atoms with Gasteiger partial charge in [0, 0.05) is 45.0 Å². The van der Waals surface area contributed by atoms with E-state index in [1.807, 2.05) is 0 Å². The summed E-state index contributed by atoms with van der Waals surface area (Å²) in [4.78, 5) is 9.82. The largest absolute Gasteiger partial charge is 0.354 e. The van der Waals surface area contributed by atoms with Gasteiger partial charge in [0.15, 0.2) is 0 Å². The van der Waals surface area contributed by atoms with Gasteiger partial charge in [-0.2, -0.15) is 0 Å². The zero-order chi connectivity index (χ0) is 14.7. The van der Waals surface area contributed by atoms with Crippen LogP contribution in [0.5, 0.6) is 0 Å². The second kappa shape index (κ2) is 6.75. The fourth-order valence-electron chi connectivity index (χ4n) is 3.08. The highest BCUT2D eigenvalue weighted by Crippen LogP contribution is 2.30. The lowest BCUT2D eigenvalue weighted by Gasteiger charge is -2.35. The molecule has 1 aliphatic carbocycles. The minimum atomic E-state index is 0.939. The third-order valence-corrected chi connectivity index (χ3v) is 4.49. The Hall–Kier alpha value is -1.13. The quantitative estimate of drug-likeness (QED) is 0.868. The topological polar surface area (TPSA) is 31.4 Å². The highest BCUT2D eigenvalue weighted by molar-refractivity contribution is 5.43. The molecule has 4 heteroatoms.